The summed E-state index contributed by atoms with van der Waals surface area (Å²) in [5.74, 6) is 2.76. The van der Waals surface area contributed by atoms with Crippen LogP contribution in [0.25, 0.3) is 0 Å². The SMILES string of the molecule is CC(C)C1/C(=N\O)C(C)C(C)C1C. The van der Waals surface area contributed by atoms with Gasteiger partial charge in [0.15, 0.2) is 0 Å². The van der Waals surface area contributed by atoms with Crippen molar-refractivity contribution in [3.63, 3.8) is 0 Å². The van der Waals surface area contributed by atoms with Gasteiger partial charge in [0.1, 0.15) is 0 Å². The third kappa shape index (κ3) is 1.59. The van der Waals surface area contributed by atoms with E-state index in [0.29, 0.717) is 29.6 Å². The van der Waals surface area contributed by atoms with Crippen LogP contribution in [0.1, 0.15) is 34.6 Å². The minimum atomic E-state index is 0.437. The third-order valence-corrected chi connectivity index (χ3v) is 3.83. The zero-order valence-corrected chi connectivity index (χ0v) is 9.28. The number of hydrogen-bond donors (Lipinski definition) is 1. The minimum Gasteiger partial charge on any atom is -0.411 e. The van der Waals surface area contributed by atoms with E-state index < -0.39 is 0 Å². The molecule has 4 atom stereocenters. The van der Waals surface area contributed by atoms with Crippen molar-refractivity contribution in [2.75, 3.05) is 0 Å². The fourth-order valence-corrected chi connectivity index (χ4v) is 2.73. The van der Waals surface area contributed by atoms with Crippen LogP contribution in [-0.2, 0) is 0 Å². The van der Waals surface area contributed by atoms with E-state index in [0.717, 1.165) is 5.71 Å². The summed E-state index contributed by atoms with van der Waals surface area (Å²) in [5, 5.41) is 12.5. The van der Waals surface area contributed by atoms with Crippen LogP contribution in [0.3, 0.4) is 0 Å². The topological polar surface area (TPSA) is 32.6 Å². The molecule has 1 rings (SSSR count). The number of oxime groups is 1. The summed E-state index contributed by atoms with van der Waals surface area (Å²) in [5.41, 5.74) is 1.01. The largest absolute Gasteiger partial charge is 0.411 e. The normalized spacial score (nSPS) is 43.4. The first-order chi connectivity index (χ1) is 6.00. The first kappa shape index (κ1) is 10.6. The monoisotopic (exact) mass is 183 g/mol. The fourth-order valence-electron chi connectivity index (χ4n) is 2.73. The second-order valence-corrected chi connectivity index (χ2v) is 4.80. The molecule has 1 saturated carbocycles. The minimum absolute atomic E-state index is 0.437. The highest BCUT2D eigenvalue weighted by atomic mass is 16.4. The maximum Gasteiger partial charge on any atom is 0.0637 e. The molecule has 0 aromatic carbocycles. The quantitative estimate of drug-likeness (QED) is 0.492. The Balaban J connectivity index is 2.94. The van der Waals surface area contributed by atoms with E-state index in [2.05, 4.69) is 39.8 Å². The van der Waals surface area contributed by atoms with Crippen LogP contribution in [0.5, 0.6) is 0 Å². The molecular formula is C11H21NO. The van der Waals surface area contributed by atoms with Crippen LogP contribution < -0.4 is 0 Å². The van der Waals surface area contributed by atoms with Gasteiger partial charge in [-0.3, -0.25) is 0 Å². The molecule has 0 bridgehead atoms. The van der Waals surface area contributed by atoms with Crippen LogP contribution in [0, 0.1) is 29.6 Å². The van der Waals surface area contributed by atoms with Gasteiger partial charge in [-0.2, -0.15) is 0 Å². The van der Waals surface area contributed by atoms with E-state index in [1.165, 1.54) is 0 Å². The Morgan fingerprint density at radius 2 is 1.69 bits per heavy atom. The molecule has 1 aliphatic carbocycles. The summed E-state index contributed by atoms with van der Waals surface area (Å²) >= 11 is 0. The number of rotatable bonds is 1. The smallest absolute Gasteiger partial charge is 0.0637 e. The van der Waals surface area contributed by atoms with Crippen LogP contribution in [-0.4, -0.2) is 10.9 Å². The summed E-state index contributed by atoms with van der Waals surface area (Å²) in [6, 6.07) is 0. The highest BCUT2D eigenvalue weighted by Gasteiger charge is 2.42. The van der Waals surface area contributed by atoms with E-state index in [4.69, 9.17) is 5.21 Å². The van der Waals surface area contributed by atoms with Gasteiger partial charge >= 0.3 is 0 Å². The second kappa shape index (κ2) is 3.69. The first-order valence-corrected chi connectivity index (χ1v) is 5.22. The molecule has 0 saturated heterocycles. The lowest BCUT2D eigenvalue weighted by molar-refractivity contribution is 0.290. The van der Waals surface area contributed by atoms with Gasteiger partial charge in [0, 0.05) is 11.8 Å². The molecule has 4 unspecified atom stereocenters. The van der Waals surface area contributed by atoms with E-state index in [-0.39, 0.29) is 0 Å². The Morgan fingerprint density at radius 1 is 1.15 bits per heavy atom. The molecule has 0 aromatic heterocycles. The van der Waals surface area contributed by atoms with Gasteiger partial charge in [0.2, 0.25) is 0 Å². The Morgan fingerprint density at radius 3 is 2.00 bits per heavy atom. The summed E-state index contributed by atoms with van der Waals surface area (Å²) in [4.78, 5) is 0. The lowest BCUT2D eigenvalue weighted by atomic mass is 9.84. The van der Waals surface area contributed by atoms with Gasteiger partial charge in [0.05, 0.1) is 5.71 Å². The molecule has 0 spiro atoms. The van der Waals surface area contributed by atoms with E-state index in [1.807, 2.05) is 0 Å². The lowest BCUT2D eigenvalue weighted by Gasteiger charge is -2.21. The van der Waals surface area contributed by atoms with Crippen molar-refractivity contribution < 1.29 is 5.21 Å². The number of nitrogens with zero attached hydrogens (tertiary/aromatic N) is 1. The van der Waals surface area contributed by atoms with Gasteiger partial charge in [-0.25, -0.2) is 0 Å². The molecule has 2 nitrogen and oxygen atoms in total. The molecule has 13 heavy (non-hydrogen) atoms. The van der Waals surface area contributed by atoms with Crippen molar-refractivity contribution in [2.45, 2.75) is 34.6 Å². The average molecular weight is 183 g/mol. The number of hydrogen-bond acceptors (Lipinski definition) is 2. The van der Waals surface area contributed by atoms with Gasteiger partial charge in [-0.1, -0.05) is 39.8 Å². The molecule has 0 radical (unpaired) electrons. The Hall–Kier alpha value is -0.530. The second-order valence-electron chi connectivity index (χ2n) is 4.80. The molecular weight excluding hydrogens is 162 g/mol. The Bertz CT molecular complexity index is 210. The molecule has 1 fully saturated rings. The zero-order chi connectivity index (χ0) is 10.2. The van der Waals surface area contributed by atoms with Crippen molar-refractivity contribution in [1.82, 2.24) is 0 Å². The molecule has 0 amide bonds. The van der Waals surface area contributed by atoms with E-state index in [1.54, 1.807) is 0 Å². The van der Waals surface area contributed by atoms with Gasteiger partial charge in [-0.15, -0.1) is 0 Å². The first-order valence-electron chi connectivity index (χ1n) is 5.22. The summed E-state index contributed by atoms with van der Waals surface area (Å²) < 4.78 is 0. The van der Waals surface area contributed by atoms with E-state index in [9.17, 15) is 0 Å². The molecule has 1 N–H and O–H groups in total. The van der Waals surface area contributed by atoms with Crippen LogP contribution in [0.2, 0.25) is 0 Å². The van der Waals surface area contributed by atoms with Crippen molar-refractivity contribution in [3.8, 4) is 0 Å². The predicted molar refractivity (Wildman–Crippen MR) is 55.0 cm³/mol. The maximum atomic E-state index is 8.98. The third-order valence-electron chi connectivity index (χ3n) is 3.83. The fraction of sp³-hybridized carbons (Fsp3) is 0.909. The van der Waals surface area contributed by atoms with Crippen LogP contribution in [0.15, 0.2) is 5.16 Å². The highest BCUT2D eigenvalue weighted by Crippen LogP contribution is 2.42. The predicted octanol–water partition coefficient (Wildman–Crippen LogP) is 3.01. The van der Waals surface area contributed by atoms with Crippen LogP contribution in [0.4, 0.5) is 0 Å². The molecule has 1 aliphatic rings. The van der Waals surface area contributed by atoms with Gasteiger partial charge in [-0.05, 0) is 17.8 Å². The van der Waals surface area contributed by atoms with Crippen molar-refractivity contribution in [2.24, 2.45) is 34.7 Å². The molecule has 0 heterocycles. The molecule has 76 valence electrons. The highest BCUT2D eigenvalue weighted by molar-refractivity contribution is 5.91. The summed E-state index contributed by atoms with van der Waals surface area (Å²) in [6.45, 7) is 11.1. The molecule has 0 aliphatic heterocycles. The van der Waals surface area contributed by atoms with Gasteiger partial charge < -0.3 is 5.21 Å². The Kier molecular flexibility index (Phi) is 2.99. The van der Waals surface area contributed by atoms with Crippen molar-refractivity contribution >= 4 is 5.71 Å². The Labute approximate surface area is 81.0 Å². The standard InChI is InChI=1S/C11H21NO/c1-6(2)10-8(4)7(3)9(5)11(10)12-13/h6-10,13H,1-5H3/b12-11-. The molecule has 2 heteroatoms. The summed E-state index contributed by atoms with van der Waals surface area (Å²) in [7, 11) is 0. The van der Waals surface area contributed by atoms with E-state index >= 15 is 0 Å². The maximum absolute atomic E-state index is 8.98. The zero-order valence-electron chi connectivity index (χ0n) is 9.28. The van der Waals surface area contributed by atoms with Gasteiger partial charge in [0.25, 0.3) is 0 Å². The van der Waals surface area contributed by atoms with Crippen LogP contribution >= 0.6 is 0 Å². The van der Waals surface area contributed by atoms with Crippen molar-refractivity contribution in [3.05, 3.63) is 0 Å². The van der Waals surface area contributed by atoms with Crippen molar-refractivity contribution in [1.29, 1.82) is 0 Å². The average Bonchev–Trinajstić information content (AvgIpc) is 2.29. The summed E-state index contributed by atoms with van der Waals surface area (Å²) in [6.07, 6.45) is 0. The lowest BCUT2D eigenvalue weighted by Crippen LogP contribution is -2.21. The molecule has 0 aromatic rings.